The van der Waals surface area contributed by atoms with Crippen molar-refractivity contribution in [1.29, 1.82) is 0 Å². The Balaban J connectivity index is 1.40. The first-order valence-corrected chi connectivity index (χ1v) is 10.4. The fraction of sp³-hybridized carbons (Fsp3) is 0.619. The molecule has 2 aliphatic carbocycles. The van der Waals surface area contributed by atoms with Crippen LogP contribution in [0.4, 0.5) is 23.4 Å². The number of anilines is 1. The molecule has 9 heteroatoms. The van der Waals surface area contributed by atoms with Crippen molar-refractivity contribution in [3.05, 3.63) is 29.6 Å². The van der Waals surface area contributed by atoms with Crippen molar-refractivity contribution in [3.63, 3.8) is 0 Å². The average molecular weight is 423 g/mol. The Kier molecular flexibility index (Phi) is 4.40. The van der Waals surface area contributed by atoms with Crippen LogP contribution in [0, 0.1) is 11.8 Å². The van der Waals surface area contributed by atoms with Gasteiger partial charge in [0.05, 0.1) is 11.3 Å². The highest BCUT2D eigenvalue weighted by atomic mass is 19.4. The minimum Gasteiger partial charge on any atom is -0.383 e. The second-order valence-corrected chi connectivity index (χ2v) is 9.18. The van der Waals surface area contributed by atoms with Gasteiger partial charge in [-0.2, -0.15) is 18.3 Å². The summed E-state index contributed by atoms with van der Waals surface area (Å²) < 4.78 is 54.8. The van der Waals surface area contributed by atoms with E-state index in [1.807, 2.05) is 24.6 Å². The summed E-state index contributed by atoms with van der Waals surface area (Å²) in [6, 6.07) is 3.50. The predicted octanol–water partition coefficient (Wildman–Crippen LogP) is 4.27. The number of pyridine rings is 1. The van der Waals surface area contributed by atoms with E-state index in [-0.39, 0.29) is 6.04 Å². The van der Waals surface area contributed by atoms with Crippen molar-refractivity contribution >= 4 is 5.82 Å². The van der Waals surface area contributed by atoms with E-state index in [0.29, 0.717) is 48.1 Å². The van der Waals surface area contributed by atoms with Crippen molar-refractivity contribution in [2.24, 2.45) is 11.8 Å². The van der Waals surface area contributed by atoms with Crippen molar-refractivity contribution in [2.45, 2.75) is 57.0 Å². The number of nitrogens with two attached hydrogens (primary N) is 1. The van der Waals surface area contributed by atoms with E-state index in [1.54, 1.807) is 0 Å². The van der Waals surface area contributed by atoms with Crippen LogP contribution in [0.2, 0.25) is 0 Å². The van der Waals surface area contributed by atoms with Crippen LogP contribution in [-0.4, -0.2) is 45.0 Å². The number of alkyl halides is 4. The molecule has 3 heterocycles. The summed E-state index contributed by atoms with van der Waals surface area (Å²) in [5, 5.41) is 4.62. The van der Waals surface area contributed by atoms with Crippen LogP contribution < -0.4 is 5.73 Å². The molecule has 0 amide bonds. The normalized spacial score (nSPS) is 29.3. The molecule has 4 atom stereocenters. The molecular formula is C21H25F4N5. The van der Waals surface area contributed by atoms with Crippen molar-refractivity contribution in [3.8, 4) is 11.3 Å². The third-order valence-electron chi connectivity index (χ3n) is 6.92. The fourth-order valence-corrected chi connectivity index (χ4v) is 5.36. The topological polar surface area (TPSA) is 60.0 Å². The number of hydrogen-bond acceptors (Lipinski definition) is 4. The maximum Gasteiger partial charge on any atom is 0.419 e. The molecule has 30 heavy (non-hydrogen) atoms. The second-order valence-electron chi connectivity index (χ2n) is 9.18. The Morgan fingerprint density at radius 1 is 1.13 bits per heavy atom. The monoisotopic (exact) mass is 423 g/mol. The van der Waals surface area contributed by atoms with E-state index < -0.39 is 23.7 Å². The zero-order valence-corrected chi connectivity index (χ0v) is 16.9. The lowest BCUT2D eigenvalue weighted by Gasteiger charge is -2.40. The summed E-state index contributed by atoms with van der Waals surface area (Å²) >= 11 is 0. The van der Waals surface area contributed by atoms with Crippen molar-refractivity contribution in [2.75, 3.05) is 18.8 Å². The molecule has 5 rings (SSSR count). The summed E-state index contributed by atoms with van der Waals surface area (Å²) in [6.45, 7) is 5.14. The Morgan fingerprint density at radius 2 is 1.80 bits per heavy atom. The van der Waals surface area contributed by atoms with Crippen molar-refractivity contribution < 1.29 is 17.6 Å². The molecule has 1 aliphatic heterocycles. The summed E-state index contributed by atoms with van der Waals surface area (Å²) in [4.78, 5) is 5.98. The number of aromatic nitrogens is 3. The number of rotatable bonds is 4. The number of nitrogens with zero attached hydrogens (tertiary/aromatic N) is 4. The van der Waals surface area contributed by atoms with Crippen LogP contribution in [0.3, 0.4) is 0 Å². The predicted molar refractivity (Wildman–Crippen MR) is 104 cm³/mol. The SMILES string of the molecule is CC(C)n1nc(-c2cnc(N)c(C(F)(F)F)c2)cc1[C@H]1[C@@H]2CC(N3CC(F)C3)C[C@@H]21. The van der Waals surface area contributed by atoms with Gasteiger partial charge in [-0.1, -0.05) is 0 Å². The molecule has 0 spiro atoms. The first kappa shape index (κ1) is 19.8. The summed E-state index contributed by atoms with van der Waals surface area (Å²) in [7, 11) is 0. The van der Waals surface area contributed by atoms with Gasteiger partial charge in [0.25, 0.3) is 0 Å². The van der Waals surface area contributed by atoms with Gasteiger partial charge in [-0.15, -0.1) is 0 Å². The first-order valence-electron chi connectivity index (χ1n) is 10.4. The minimum atomic E-state index is -4.56. The second kappa shape index (κ2) is 6.67. The largest absolute Gasteiger partial charge is 0.419 e. The quantitative estimate of drug-likeness (QED) is 0.746. The highest BCUT2D eigenvalue weighted by Crippen LogP contribution is 2.64. The maximum absolute atomic E-state index is 13.2. The van der Waals surface area contributed by atoms with Crippen LogP contribution in [-0.2, 0) is 6.18 Å². The Morgan fingerprint density at radius 3 is 2.37 bits per heavy atom. The molecule has 0 aromatic carbocycles. The van der Waals surface area contributed by atoms with Crippen LogP contribution in [0.25, 0.3) is 11.3 Å². The summed E-state index contributed by atoms with van der Waals surface area (Å²) in [5.74, 6) is 0.937. The molecule has 3 fully saturated rings. The molecule has 3 aliphatic rings. The van der Waals surface area contributed by atoms with Crippen LogP contribution >= 0.6 is 0 Å². The summed E-state index contributed by atoms with van der Waals surface area (Å²) in [6.07, 6.45) is -1.78. The molecule has 5 nitrogen and oxygen atoms in total. The van der Waals surface area contributed by atoms with E-state index in [1.165, 1.54) is 6.20 Å². The number of fused-ring (bicyclic) bond motifs is 1. The Labute approximate surface area is 172 Å². The molecule has 2 aromatic heterocycles. The third kappa shape index (κ3) is 3.18. The van der Waals surface area contributed by atoms with Gasteiger partial charge < -0.3 is 5.73 Å². The molecule has 2 saturated carbocycles. The zero-order chi connectivity index (χ0) is 21.4. The van der Waals surface area contributed by atoms with Gasteiger partial charge in [0, 0.05) is 48.5 Å². The van der Waals surface area contributed by atoms with Crippen LogP contribution in [0.5, 0.6) is 0 Å². The van der Waals surface area contributed by atoms with Crippen LogP contribution in [0.15, 0.2) is 18.3 Å². The standard InChI is InChI=1S/C21H25F4N5/c1-10(2)30-18(19-14-4-13(5-15(14)19)29-8-12(22)9-29)6-17(28-30)11-3-16(21(23,24)25)20(26)27-7-11/h3,6-7,10,12-15,19H,4-5,8-9H2,1-2H3,(H2,26,27)/t13?,14-,15+,19+. The van der Waals surface area contributed by atoms with Gasteiger partial charge in [0.15, 0.2) is 0 Å². The average Bonchev–Trinajstić information content (AvgIpc) is 3.00. The highest BCUT2D eigenvalue weighted by Gasteiger charge is 2.59. The number of likely N-dealkylation sites (tertiary alicyclic amines) is 1. The highest BCUT2D eigenvalue weighted by molar-refractivity contribution is 5.63. The van der Waals surface area contributed by atoms with E-state index in [9.17, 15) is 17.6 Å². The molecular weight excluding hydrogens is 398 g/mol. The molecule has 0 bridgehead atoms. The summed E-state index contributed by atoms with van der Waals surface area (Å²) in [5.41, 5.74) is 6.38. The maximum atomic E-state index is 13.2. The molecule has 2 N–H and O–H groups in total. The molecule has 0 radical (unpaired) electrons. The lowest BCUT2D eigenvalue weighted by Crippen LogP contribution is -2.53. The molecule has 162 valence electrons. The molecule has 1 unspecified atom stereocenters. The van der Waals surface area contributed by atoms with E-state index in [2.05, 4.69) is 15.0 Å². The van der Waals surface area contributed by atoms with E-state index in [0.717, 1.165) is 24.6 Å². The van der Waals surface area contributed by atoms with Gasteiger partial charge in [-0.3, -0.25) is 9.58 Å². The van der Waals surface area contributed by atoms with E-state index in [4.69, 9.17) is 5.73 Å². The smallest absolute Gasteiger partial charge is 0.383 e. The third-order valence-corrected chi connectivity index (χ3v) is 6.92. The van der Waals surface area contributed by atoms with Gasteiger partial charge in [-0.25, -0.2) is 9.37 Å². The minimum absolute atomic E-state index is 0.0948. The number of hydrogen-bond donors (Lipinski definition) is 1. The Bertz CT molecular complexity index is 951. The first-order chi connectivity index (χ1) is 14.1. The lowest BCUT2D eigenvalue weighted by molar-refractivity contribution is -0.137. The molecule has 2 aromatic rings. The van der Waals surface area contributed by atoms with Gasteiger partial charge in [0.1, 0.15) is 12.0 Å². The Hall–Kier alpha value is -2.16. The molecule has 1 saturated heterocycles. The number of nitrogen functional groups attached to an aromatic ring is 1. The van der Waals surface area contributed by atoms with Crippen LogP contribution in [0.1, 0.15) is 49.9 Å². The van der Waals surface area contributed by atoms with Gasteiger partial charge in [0.2, 0.25) is 0 Å². The number of halogens is 4. The lowest BCUT2D eigenvalue weighted by atomic mass is 9.99. The van der Waals surface area contributed by atoms with E-state index >= 15 is 0 Å². The fourth-order valence-electron chi connectivity index (χ4n) is 5.36. The van der Waals surface area contributed by atoms with Crippen molar-refractivity contribution in [1.82, 2.24) is 19.7 Å². The van der Waals surface area contributed by atoms with Gasteiger partial charge >= 0.3 is 6.18 Å². The van der Waals surface area contributed by atoms with Gasteiger partial charge in [-0.05, 0) is 50.7 Å². The zero-order valence-electron chi connectivity index (χ0n) is 16.9.